The fourth-order valence-corrected chi connectivity index (χ4v) is 3.45. The fraction of sp³-hybridized carbons (Fsp3) is 0.273. The number of aromatic nitrogens is 1. The summed E-state index contributed by atoms with van der Waals surface area (Å²) in [4.78, 5) is 28.7. The van der Waals surface area contributed by atoms with Crippen LogP contribution in [0.3, 0.4) is 0 Å². The first-order valence-corrected chi connectivity index (χ1v) is 9.55. The van der Waals surface area contributed by atoms with Crippen LogP contribution in [0.1, 0.15) is 5.56 Å². The van der Waals surface area contributed by atoms with Crippen molar-refractivity contribution in [2.75, 3.05) is 31.1 Å². The molecule has 0 bridgehead atoms. The highest BCUT2D eigenvalue weighted by Gasteiger charge is 2.22. The third kappa shape index (κ3) is 4.23. The summed E-state index contributed by atoms with van der Waals surface area (Å²) in [6.07, 6.45) is 1.58. The zero-order valence-electron chi connectivity index (χ0n) is 16.2. The highest BCUT2D eigenvalue weighted by Crippen LogP contribution is 2.19. The van der Waals surface area contributed by atoms with Crippen LogP contribution in [-0.4, -0.2) is 41.6 Å². The minimum absolute atomic E-state index is 0.0509. The number of nitrogens with zero attached hydrogens (tertiary/aromatic N) is 3. The van der Waals surface area contributed by atoms with E-state index >= 15 is 0 Å². The van der Waals surface area contributed by atoms with Crippen molar-refractivity contribution in [3.8, 4) is 11.3 Å². The van der Waals surface area contributed by atoms with E-state index in [0.717, 1.165) is 16.8 Å². The van der Waals surface area contributed by atoms with Crippen LogP contribution in [0.25, 0.3) is 11.3 Å². The SMILES string of the molecule is Cc1ccc(-c2cn(CC(=O)N3CCN(c4ccc(F)cc4)CC3)c(=O)o2)cc1. The molecule has 1 aromatic heterocycles. The normalized spacial score (nSPS) is 14.3. The van der Waals surface area contributed by atoms with Gasteiger partial charge in [0.15, 0.2) is 5.76 Å². The molecule has 1 saturated heterocycles. The maximum absolute atomic E-state index is 13.1. The largest absolute Gasteiger partial charge is 0.419 e. The van der Waals surface area contributed by atoms with E-state index in [-0.39, 0.29) is 18.3 Å². The molecule has 29 heavy (non-hydrogen) atoms. The molecule has 0 N–H and O–H groups in total. The molecule has 3 aromatic rings. The van der Waals surface area contributed by atoms with E-state index in [9.17, 15) is 14.0 Å². The molecule has 0 radical (unpaired) electrons. The van der Waals surface area contributed by atoms with Gasteiger partial charge in [-0.2, -0.15) is 0 Å². The molecule has 0 aliphatic carbocycles. The van der Waals surface area contributed by atoms with E-state index in [1.54, 1.807) is 23.2 Å². The molecular weight excluding hydrogens is 373 g/mol. The molecule has 1 aliphatic rings. The van der Waals surface area contributed by atoms with Crippen molar-refractivity contribution in [2.45, 2.75) is 13.5 Å². The second-order valence-electron chi connectivity index (χ2n) is 7.20. The van der Waals surface area contributed by atoms with Gasteiger partial charge < -0.3 is 14.2 Å². The van der Waals surface area contributed by atoms with Gasteiger partial charge in [0, 0.05) is 37.4 Å². The van der Waals surface area contributed by atoms with E-state index in [0.29, 0.717) is 31.9 Å². The lowest BCUT2D eigenvalue weighted by Gasteiger charge is -2.36. The summed E-state index contributed by atoms with van der Waals surface area (Å²) in [6, 6.07) is 14.0. The highest BCUT2D eigenvalue weighted by molar-refractivity contribution is 5.76. The van der Waals surface area contributed by atoms with Crippen molar-refractivity contribution >= 4 is 11.6 Å². The molecule has 1 fully saturated rings. The standard InChI is InChI=1S/C22H22FN3O3/c1-16-2-4-17(5-3-16)20-14-26(22(28)29-20)15-21(27)25-12-10-24(11-13-25)19-8-6-18(23)7-9-19/h2-9,14H,10-13,15H2,1H3. The zero-order valence-corrected chi connectivity index (χ0v) is 16.2. The van der Waals surface area contributed by atoms with Gasteiger partial charge in [0.1, 0.15) is 12.4 Å². The Morgan fingerprint density at radius 1 is 1.00 bits per heavy atom. The van der Waals surface area contributed by atoms with Crippen LogP contribution in [0, 0.1) is 12.7 Å². The Balaban J connectivity index is 1.38. The first-order valence-electron chi connectivity index (χ1n) is 9.55. The van der Waals surface area contributed by atoms with Crippen molar-refractivity contribution in [1.29, 1.82) is 0 Å². The number of amides is 1. The van der Waals surface area contributed by atoms with Gasteiger partial charge in [-0.15, -0.1) is 0 Å². The average Bonchev–Trinajstić information content (AvgIpc) is 3.09. The number of oxazole rings is 1. The summed E-state index contributed by atoms with van der Waals surface area (Å²) < 4.78 is 19.7. The van der Waals surface area contributed by atoms with Gasteiger partial charge in [0.05, 0.1) is 6.20 Å². The number of carbonyl (C=O) groups is 1. The van der Waals surface area contributed by atoms with E-state index in [1.165, 1.54) is 16.7 Å². The second-order valence-corrected chi connectivity index (χ2v) is 7.20. The highest BCUT2D eigenvalue weighted by atomic mass is 19.1. The Labute approximate surface area is 167 Å². The molecule has 0 unspecified atom stereocenters. The third-order valence-corrected chi connectivity index (χ3v) is 5.17. The summed E-state index contributed by atoms with van der Waals surface area (Å²) in [5.41, 5.74) is 2.85. The number of halogens is 1. The first kappa shape index (κ1) is 19.0. The van der Waals surface area contributed by atoms with Crippen LogP contribution in [0.2, 0.25) is 0 Å². The maximum atomic E-state index is 13.1. The van der Waals surface area contributed by atoms with Crippen molar-refractivity contribution in [2.24, 2.45) is 0 Å². The zero-order chi connectivity index (χ0) is 20.4. The molecular formula is C22H22FN3O3. The lowest BCUT2D eigenvalue weighted by atomic mass is 10.1. The molecule has 2 aromatic carbocycles. The number of anilines is 1. The van der Waals surface area contributed by atoms with Gasteiger partial charge >= 0.3 is 5.76 Å². The quantitative estimate of drug-likeness (QED) is 0.682. The number of hydrogen-bond acceptors (Lipinski definition) is 4. The number of benzene rings is 2. The van der Waals surface area contributed by atoms with Gasteiger partial charge in [-0.3, -0.25) is 9.36 Å². The third-order valence-electron chi connectivity index (χ3n) is 5.17. The maximum Gasteiger partial charge on any atom is 0.419 e. The van der Waals surface area contributed by atoms with Crippen molar-refractivity contribution in [1.82, 2.24) is 9.47 Å². The summed E-state index contributed by atoms with van der Waals surface area (Å²) in [5.74, 6) is -0.483. The Bertz CT molecular complexity index is 1050. The van der Waals surface area contributed by atoms with Gasteiger partial charge in [-0.1, -0.05) is 29.8 Å². The van der Waals surface area contributed by atoms with Crippen molar-refractivity contribution in [3.63, 3.8) is 0 Å². The molecule has 0 saturated carbocycles. The topological polar surface area (TPSA) is 58.7 Å². The molecule has 1 amide bonds. The van der Waals surface area contributed by atoms with Gasteiger partial charge in [-0.05, 0) is 31.2 Å². The van der Waals surface area contributed by atoms with Crippen LogP contribution in [0.15, 0.2) is 63.9 Å². The van der Waals surface area contributed by atoms with Gasteiger partial charge in [-0.25, -0.2) is 9.18 Å². The Morgan fingerprint density at radius 2 is 1.66 bits per heavy atom. The summed E-state index contributed by atoms with van der Waals surface area (Å²) in [7, 11) is 0. The molecule has 150 valence electrons. The van der Waals surface area contributed by atoms with Crippen LogP contribution in [0.5, 0.6) is 0 Å². The average molecular weight is 395 g/mol. The van der Waals surface area contributed by atoms with Crippen molar-refractivity contribution in [3.05, 3.63) is 76.7 Å². The van der Waals surface area contributed by atoms with Crippen LogP contribution < -0.4 is 10.7 Å². The summed E-state index contributed by atoms with van der Waals surface area (Å²) >= 11 is 0. The van der Waals surface area contributed by atoms with Crippen molar-refractivity contribution < 1.29 is 13.6 Å². The molecule has 2 heterocycles. The number of aryl methyl sites for hydroxylation is 1. The smallest absolute Gasteiger partial charge is 0.408 e. The molecule has 6 nitrogen and oxygen atoms in total. The minimum atomic E-state index is -0.543. The molecule has 7 heteroatoms. The predicted molar refractivity (Wildman–Crippen MR) is 108 cm³/mol. The minimum Gasteiger partial charge on any atom is -0.408 e. The van der Waals surface area contributed by atoms with E-state index < -0.39 is 5.76 Å². The summed E-state index contributed by atoms with van der Waals surface area (Å²) in [5, 5.41) is 0. The van der Waals surface area contributed by atoms with Gasteiger partial charge in [0.2, 0.25) is 5.91 Å². The monoisotopic (exact) mass is 395 g/mol. The first-order chi connectivity index (χ1) is 14.0. The van der Waals surface area contributed by atoms with Crippen LogP contribution in [-0.2, 0) is 11.3 Å². The van der Waals surface area contributed by atoms with Crippen LogP contribution in [0.4, 0.5) is 10.1 Å². The number of piperazine rings is 1. The Morgan fingerprint density at radius 3 is 2.31 bits per heavy atom. The van der Waals surface area contributed by atoms with Gasteiger partial charge in [0.25, 0.3) is 0 Å². The fourth-order valence-electron chi connectivity index (χ4n) is 3.45. The Hall–Kier alpha value is -3.35. The molecule has 0 spiro atoms. The van der Waals surface area contributed by atoms with E-state index in [1.807, 2.05) is 31.2 Å². The molecule has 4 rings (SSSR count). The lowest BCUT2D eigenvalue weighted by molar-refractivity contribution is -0.132. The second kappa shape index (κ2) is 7.95. The lowest BCUT2D eigenvalue weighted by Crippen LogP contribution is -2.50. The number of hydrogen-bond donors (Lipinski definition) is 0. The number of rotatable bonds is 4. The predicted octanol–water partition coefficient (Wildman–Crippen LogP) is 2.90. The molecule has 0 atom stereocenters. The van der Waals surface area contributed by atoms with E-state index in [4.69, 9.17) is 4.42 Å². The number of carbonyl (C=O) groups excluding carboxylic acids is 1. The summed E-state index contributed by atoms with van der Waals surface area (Å²) in [6.45, 7) is 4.35. The van der Waals surface area contributed by atoms with E-state index in [2.05, 4.69) is 4.90 Å². The Kier molecular flexibility index (Phi) is 5.20. The van der Waals surface area contributed by atoms with Crippen LogP contribution >= 0.6 is 0 Å². The molecule has 1 aliphatic heterocycles.